The van der Waals surface area contributed by atoms with E-state index in [2.05, 4.69) is 29.2 Å². The first kappa shape index (κ1) is 14.3. The predicted octanol–water partition coefficient (Wildman–Crippen LogP) is 3.53. The van der Waals surface area contributed by atoms with Crippen LogP contribution in [0.5, 0.6) is 0 Å². The van der Waals surface area contributed by atoms with E-state index in [4.69, 9.17) is 0 Å². The Balaban J connectivity index is 1.76. The van der Waals surface area contributed by atoms with Crippen LogP contribution in [0.25, 0.3) is 0 Å². The quantitative estimate of drug-likeness (QED) is 0.869. The maximum atomic E-state index is 12.5. The molecule has 4 heteroatoms. The van der Waals surface area contributed by atoms with Crippen LogP contribution < -0.4 is 0 Å². The fourth-order valence-corrected chi connectivity index (χ4v) is 3.69. The minimum absolute atomic E-state index is 0.155. The van der Waals surface area contributed by atoms with Gasteiger partial charge < -0.3 is 4.90 Å². The summed E-state index contributed by atoms with van der Waals surface area (Å²) in [4.78, 5) is 18.8. The van der Waals surface area contributed by atoms with Gasteiger partial charge in [0.05, 0.1) is 23.2 Å². The zero-order valence-corrected chi connectivity index (χ0v) is 13.3. The Kier molecular flexibility index (Phi) is 4.06. The van der Waals surface area contributed by atoms with E-state index in [1.165, 1.54) is 11.1 Å². The van der Waals surface area contributed by atoms with Gasteiger partial charge in [-0.15, -0.1) is 11.3 Å². The Morgan fingerprint density at radius 1 is 1.43 bits per heavy atom. The molecule has 1 amide bonds. The molecule has 2 aromatic rings. The highest BCUT2D eigenvalue weighted by molar-refractivity contribution is 7.09. The SMILES string of the molecule is Cc1nc(CC(=O)N(C)[C@H]2CCCc3ccccc32)cs1. The van der Waals surface area contributed by atoms with Crippen molar-refractivity contribution in [3.05, 3.63) is 51.5 Å². The van der Waals surface area contributed by atoms with Crippen molar-refractivity contribution in [2.75, 3.05) is 7.05 Å². The summed E-state index contributed by atoms with van der Waals surface area (Å²) in [6, 6.07) is 8.71. The normalized spacial score (nSPS) is 17.3. The first-order valence-corrected chi connectivity index (χ1v) is 8.27. The monoisotopic (exact) mass is 300 g/mol. The van der Waals surface area contributed by atoms with E-state index in [0.717, 1.165) is 30.0 Å². The van der Waals surface area contributed by atoms with Crippen molar-refractivity contribution in [3.63, 3.8) is 0 Å². The minimum atomic E-state index is 0.155. The highest BCUT2D eigenvalue weighted by atomic mass is 32.1. The van der Waals surface area contributed by atoms with Crippen molar-refractivity contribution < 1.29 is 4.79 Å². The number of amides is 1. The Hall–Kier alpha value is -1.68. The van der Waals surface area contributed by atoms with E-state index >= 15 is 0 Å². The second kappa shape index (κ2) is 5.98. The molecule has 0 spiro atoms. The Morgan fingerprint density at radius 2 is 2.24 bits per heavy atom. The molecule has 21 heavy (non-hydrogen) atoms. The molecule has 1 aromatic carbocycles. The molecule has 0 saturated heterocycles. The van der Waals surface area contributed by atoms with Crippen molar-refractivity contribution in [3.8, 4) is 0 Å². The Bertz CT molecular complexity index is 650. The molecule has 0 aliphatic heterocycles. The van der Waals surface area contributed by atoms with Gasteiger partial charge in [0.15, 0.2) is 0 Å². The first-order chi connectivity index (χ1) is 10.1. The molecule has 0 bridgehead atoms. The van der Waals surface area contributed by atoms with E-state index in [1.807, 2.05) is 24.3 Å². The number of nitrogens with zero attached hydrogens (tertiary/aromatic N) is 2. The number of aromatic nitrogens is 1. The molecule has 0 N–H and O–H groups in total. The molecule has 1 atom stereocenters. The number of fused-ring (bicyclic) bond motifs is 1. The lowest BCUT2D eigenvalue weighted by Crippen LogP contribution is -2.34. The van der Waals surface area contributed by atoms with Gasteiger partial charge in [-0.2, -0.15) is 0 Å². The van der Waals surface area contributed by atoms with E-state index < -0.39 is 0 Å². The molecule has 3 nitrogen and oxygen atoms in total. The molecule has 3 rings (SSSR count). The third-order valence-electron chi connectivity index (χ3n) is 4.20. The van der Waals surface area contributed by atoms with Crippen molar-refractivity contribution in [1.82, 2.24) is 9.88 Å². The van der Waals surface area contributed by atoms with Crippen LogP contribution in [-0.4, -0.2) is 22.8 Å². The highest BCUT2D eigenvalue weighted by Gasteiger charge is 2.26. The van der Waals surface area contributed by atoms with Gasteiger partial charge in [-0.3, -0.25) is 4.79 Å². The van der Waals surface area contributed by atoms with E-state index in [0.29, 0.717) is 6.42 Å². The maximum Gasteiger partial charge on any atom is 0.228 e. The van der Waals surface area contributed by atoms with Crippen LogP contribution in [0, 0.1) is 6.92 Å². The van der Waals surface area contributed by atoms with Gasteiger partial charge in [-0.25, -0.2) is 4.98 Å². The molecular weight excluding hydrogens is 280 g/mol. The van der Waals surface area contributed by atoms with Gasteiger partial charge in [0.25, 0.3) is 0 Å². The summed E-state index contributed by atoms with van der Waals surface area (Å²) in [6.07, 6.45) is 3.73. The van der Waals surface area contributed by atoms with Crippen LogP contribution in [0.4, 0.5) is 0 Å². The lowest BCUT2D eigenvalue weighted by Gasteiger charge is -2.33. The van der Waals surface area contributed by atoms with Crippen molar-refractivity contribution in [2.45, 2.75) is 38.6 Å². The summed E-state index contributed by atoms with van der Waals surface area (Å²) in [6.45, 7) is 1.97. The molecule has 1 aliphatic rings. The zero-order valence-electron chi connectivity index (χ0n) is 12.5. The molecule has 0 saturated carbocycles. The van der Waals surface area contributed by atoms with Crippen LogP contribution in [0.3, 0.4) is 0 Å². The van der Waals surface area contributed by atoms with Crippen molar-refractivity contribution in [1.29, 1.82) is 0 Å². The number of rotatable bonds is 3. The molecule has 1 aromatic heterocycles. The van der Waals surface area contributed by atoms with E-state index in [-0.39, 0.29) is 11.9 Å². The number of benzene rings is 1. The van der Waals surface area contributed by atoms with Gasteiger partial charge in [-0.1, -0.05) is 24.3 Å². The van der Waals surface area contributed by atoms with Crippen LogP contribution in [0.2, 0.25) is 0 Å². The third-order valence-corrected chi connectivity index (χ3v) is 5.02. The lowest BCUT2D eigenvalue weighted by molar-refractivity contribution is -0.131. The van der Waals surface area contributed by atoms with Crippen LogP contribution in [0.1, 0.15) is 40.7 Å². The zero-order chi connectivity index (χ0) is 14.8. The summed E-state index contributed by atoms with van der Waals surface area (Å²) in [5, 5.41) is 3.00. The predicted molar refractivity (Wildman–Crippen MR) is 85.4 cm³/mol. The second-order valence-electron chi connectivity index (χ2n) is 5.65. The van der Waals surface area contributed by atoms with Gasteiger partial charge in [-0.05, 0) is 37.3 Å². The number of thiazole rings is 1. The van der Waals surface area contributed by atoms with Crippen LogP contribution in [-0.2, 0) is 17.6 Å². The van der Waals surface area contributed by atoms with Gasteiger partial charge in [0.1, 0.15) is 0 Å². The third kappa shape index (κ3) is 3.00. The smallest absolute Gasteiger partial charge is 0.228 e. The van der Waals surface area contributed by atoms with E-state index in [9.17, 15) is 4.79 Å². The lowest BCUT2D eigenvalue weighted by atomic mass is 9.87. The molecule has 110 valence electrons. The molecule has 0 radical (unpaired) electrons. The summed E-state index contributed by atoms with van der Waals surface area (Å²) in [7, 11) is 1.92. The summed E-state index contributed by atoms with van der Waals surface area (Å²) < 4.78 is 0. The molecule has 0 unspecified atom stereocenters. The number of likely N-dealkylation sites (N-methyl/N-ethyl adjacent to an activating group) is 1. The highest BCUT2D eigenvalue weighted by Crippen LogP contribution is 2.33. The molecule has 0 fully saturated rings. The summed E-state index contributed by atoms with van der Waals surface area (Å²) in [5.74, 6) is 0.155. The standard InChI is InChI=1S/C17H20N2OS/c1-12-18-14(11-21-12)10-17(20)19(2)16-9-5-7-13-6-3-4-8-15(13)16/h3-4,6,8,11,16H,5,7,9-10H2,1-2H3/t16-/m0/s1. The first-order valence-electron chi connectivity index (χ1n) is 7.39. The van der Waals surface area contributed by atoms with Crippen LogP contribution in [0.15, 0.2) is 29.6 Å². The number of carbonyl (C=O) groups is 1. The second-order valence-corrected chi connectivity index (χ2v) is 6.71. The van der Waals surface area contributed by atoms with Gasteiger partial charge in [0.2, 0.25) is 5.91 Å². The van der Waals surface area contributed by atoms with Gasteiger partial charge in [0, 0.05) is 12.4 Å². The van der Waals surface area contributed by atoms with Crippen molar-refractivity contribution in [2.24, 2.45) is 0 Å². The van der Waals surface area contributed by atoms with E-state index in [1.54, 1.807) is 11.3 Å². The summed E-state index contributed by atoms with van der Waals surface area (Å²) >= 11 is 1.60. The number of hydrogen-bond acceptors (Lipinski definition) is 3. The number of aryl methyl sites for hydroxylation is 2. The Labute approximate surface area is 129 Å². The molecule has 1 aliphatic carbocycles. The number of hydrogen-bond donors (Lipinski definition) is 0. The fraction of sp³-hybridized carbons (Fsp3) is 0.412. The summed E-state index contributed by atoms with van der Waals surface area (Å²) in [5.41, 5.74) is 3.59. The largest absolute Gasteiger partial charge is 0.338 e. The average molecular weight is 300 g/mol. The number of carbonyl (C=O) groups excluding carboxylic acids is 1. The van der Waals surface area contributed by atoms with Crippen molar-refractivity contribution >= 4 is 17.2 Å². The average Bonchev–Trinajstić information content (AvgIpc) is 2.91. The fourth-order valence-electron chi connectivity index (χ4n) is 3.07. The topological polar surface area (TPSA) is 33.2 Å². The molecular formula is C17H20N2OS. The Morgan fingerprint density at radius 3 is 3.00 bits per heavy atom. The van der Waals surface area contributed by atoms with Crippen LogP contribution >= 0.6 is 11.3 Å². The minimum Gasteiger partial charge on any atom is -0.338 e. The maximum absolute atomic E-state index is 12.5. The van der Waals surface area contributed by atoms with Gasteiger partial charge >= 0.3 is 0 Å². The molecule has 1 heterocycles.